The molecule has 3 N–H and O–H groups in total. The van der Waals surface area contributed by atoms with Gasteiger partial charge in [0.05, 0.1) is 24.1 Å². The summed E-state index contributed by atoms with van der Waals surface area (Å²) in [6.45, 7) is 0.0999. The molecule has 9 heteroatoms. The van der Waals surface area contributed by atoms with Gasteiger partial charge in [-0.2, -0.15) is 0 Å². The van der Waals surface area contributed by atoms with E-state index < -0.39 is 21.9 Å². The van der Waals surface area contributed by atoms with Gasteiger partial charge in [-0.05, 0) is 12.1 Å². The van der Waals surface area contributed by atoms with Gasteiger partial charge < -0.3 is 14.7 Å². The second kappa shape index (κ2) is 5.93. The number of amides is 1. The van der Waals surface area contributed by atoms with E-state index in [-0.39, 0.29) is 35.9 Å². The van der Waals surface area contributed by atoms with Crippen molar-refractivity contribution in [2.24, 2.45) is 11.1 Å². The maximum atomic E-state index is 12.1. The number of aromatic carboxylic acids is 1. The normalized spacial score (nSPS) is 18.5. The number of hydrogen-bond donors (Lipinski definition) is 2. The number of sulfonamides is 1. The molecule has 0 aliphatic carbocycles. The van der Waals surface area contributed by atoms with Crippen LogP contribution in [0.2, 0.25) is 0 Å². The molecule has 1 unspecified atom stereocenters. The van der Waals surface area contributed by atoms with Crippen molar-refractivity contribution in [3.63, 3.8) is 0 Å². The first-order valence-electron chi connectivity index (χ1n) is 6.43. The highest BCUT2D eigenvalue weighted by Crippen LogP contribution is 2.31. The molecule has 120 valence electrons. The molecule has 1 fully saturated rings. The quantitative estimate of drug-likeness (QED) is 0.785. The van der Waals surface area contributed by atoms with Crippen LogP contribution in [0.3, 0.4) is 0 Å². The van der Waals surface area contributed by atoms with Crippen LogP contribution in [0, 0.1) is 5.92 Å². The third kappa shape index (κ3) is 3.55. The summed E-state index contributed by atoms with van der Waals surface area (Å²) in [4.78, 5) is 24.7. The Kier molecular flexibility index (Phi) is 4.38. The zero-order valence-corrected chi connectivity index (χ0v) is 12.7. The van der Waals surface area contributed by atoms with E-state index in [4.69, 9.17) is 9.88 Å². The first-order chi connectivity index (χ1) is 10.2. The molecule has 1 aliphatic rings. The molecule has 0 aromatic heterocycles. The Labute approximate surface area is 127 Å². The molecule has 22 heavy (non-hydrogen) atoms. The molecular formula is C13H16N2O6S. The predicted octanol–water partition coefficient (Wildman–Crippen LogP) is 0.0348. The van der Waals surface area contributed by atoms with Gasteiger partial charge in [-0.3, -0.25) is 4.79 Å². The Morgan fingerprint density at radius 3 is 2.73 bits per heavy atom. The lowest BCUT2D eigenvalue weighted by Crippen LogP contribution is -2.28. The SMILES string of the molecule is COc1ccc(C(=O)O)c(N2CC(CS(N)(=O)=O)CC2=O)c1. The van der Waals surface area contributed by atoms with Gasteiger partial charge in [-0.1, -0.05) is 0 Å². The van der Waals surface area contributed by atoms with Crippen molar-refractivity contribution in [2.75, 3.05) is 24.3 Å². The van der Waals surface area contributed by atoms with Crippen molar-refractivity contribution in [1.82, 2.24) is 0 Å². The van der Waals surface area contributed by atoms with Crippen LogP contribution < -0.4 is 14.8 Å². The number of primary sulfonamides is 1. The highest BCUT2D eigenvalue weighted by Gasteiger charge is 2.34. The Balaban J connectivity index is 2.35. The molecular weight excluding hydrogens is 312 g/mol. The smallest absolute Gasteiger partial charge is 0.337 e. The number of hydrogen-bond acceptors (Lipinski definition) is 5. The number of carboxylic acid groups (broad SMARTS) is 1. The van der Waals surface area contributed by atoms with Gasteiger partial charge in [0.2, 0.25) is 15.9 Å². The zero-order valence-electron chi connectivity index (χ0n) is 11.9. The highest BCUT2D eigenvalue weighted by molar-refractivity contribution is 7.89. The van der Waals surface area contributed by atoms with Crippen LogP contribution in [0.1, 0.15) is 16.8 Å². The molecule has 1 atom stereocenters. The monoisotopic (exact) mass is 328 g/mol. The lowest BCUT2D eigenvalue weighted by Gasteiger charge is -2.19. The van der Waals surface area contributed by atoms with Crippen molar-refractivity contribution < 1.29 is 27.9 Å². The van der Waals surface area contributed by atoms with Gasteiger partial charge in [-0.25, -0.2) is 18.4 Å². The summed E-state index contributed by atoms with van der Waals surface area (Å²) in [6.07, 6.45) is 0.00665. The number of carbonyl (C=O) groups is 2. The second-order valence-electron chi connectivity index (χ2n) is 5.09. The van der Waals surface area contributed by atoms with E-state index in [0.717, 1.165) is 0 Å². The number of rotatable bonds is 5. The summed E-state index contributed by atoms with van der Waals surface area (Å²) in [5.74, 6) is -1.90. The first-order valence-corrected chi connectivity index (χ1v) is 8.15. The van der Waals surface area contributed by atoms with Crippen molar-refractivity contribution in [3.8, 4) is 5.75 Å². The molecule has 1 heterocycles. The van der Waals surface area contributed by atoms with Gasteiger partial charge in [0, 0.05) is 24.9 Å². The van der Waals surface area contributed by atoms with Crippen LogP contribution in [-0.4, -0.2) is 44.8 Å². The maximum Gasteiger partial charge on any atom is 0.337 e. The Bertz CT molecular complexity index is 715. The van der Waals surface area contributed by atoms with Gasteiger partial charge in [0.1, 0.15) is 5.75 Å². The number of nitrogens with zero attached hydrogens (tertiary/aromatic N) is 1. The van der Waals surface area contributed by atoms with E-state index in [0.29, 0.717) is 5.75 Å². The largest absolute Gasteiger partial charge is 0.497 e. The summed E-state index contributed by atoms with van der Waals surface area (Å²) in [7, 11) is -2.27. The summed E-state index contributed by atoms with van der Waals surface area (Å²) in [6, 6.07) is 4.27. The standard InChI is InChI=1S/C13H16N2O6S/c1-21-9-2-3-10(13(17)18)11(5-9)15-6-8(4-12(15)16)7-22(14,19)20/h2-3,5,8H,4,6-7H2,1H3,(H,17,18)(H2,14,19,20). The van der Waals surface area contributed by atoms with E-state index in [2.05, 4.69) is 0 Å². The maximum absolute atomic E-state index is 12.1. The molecule has 1 aromatic carbocycles. The second-order valence-corrected chi connectivity index (χ2v) is 6.75. The zero-order chi connectivity index (χ0) is 16.5. The van der Waals surface area contributed by atoms with E-state index in [1.165, 1.54) is 30.2 Å². The fourth-order valence-corrected chi connectivity index (χ4v) is 3.38. The summed E-state index contributed by atoms with van der Waals surface area (Å²) in [5, 5.41) is 14.2. The highest BCUT2D eigenvalue weighted by atomic mass is 32.2. The minimum absolute atomic E-state index is 0.00665. The topological polar surface area (TPSA) is 127 Å². The minimum atomic E-state index is -3.70. The summed E-state index contributed by atoms with van der Waals surface area (Å²) < 4.78 is 27.3. The molecule has 0 radical (unpaired) electrons. The number of carboxylic acids is 1. The van der Waals surface area contributed by atoms with Gasteiger partial charge in [-0.15, -0.1) is 0 Å². The fraction of sp³-hybridized carbons (Fsp3) is 0.385. The van der Waals surface area contributed by atoms with E-state index in [9.17, 15) is 23.1 Å². The number of carbonyl (C=O) groups excluding carboxylic acids is 1. The van der Waals surface area contributed by atoms with E-state index in [1.807, 2.05) is 0 Å². The lowest BCUT2D eigenvalue weighted by atomic mass is 10.1. The minimum Gasteiger partial charge on any atom is -0.497 e. The molecule has 1 aromatic rings. The van der Waals surface area contributed by atoms with Crippen LogP contribution in [-0.2, 0) is 14.8 Å². The van der Waals surface area contributed by atoms with E-state index in [1.54, 1.807) is 0 Å². The molecule has 0 saturated carbocycles. The summed E-state index contributed by atoms with van der Waals surface area (Å²) in [5.41, 5.74) is 0.138. The Hall–Kier alpha value is -2.13. The Morgan fingerprint density at radius 1 is 1.50 bits per heavy atom. The number of nitrogens with two attached hydrogens (primary N) is 1. The average Bonchev–Trinajstić information content (AvgIpc) is 2.76. The Morgan fingerprint density at radius 2 is 2.18 bits per heavy atom. The first kappa shape index (κ1) is 16.2. The van der Waals surface area contributed by atoms with Crippen molar-refractivity contribution in [1.29, 1.82) is 0 Å². The van der Waals surface area contributed by atoms with Gasteiger partial charge >= 0.3 is 5.97 Å². The molecule has 8 nitrogen and oxygen atoms in total. The van der Waals surface area contributed by atoms with Crippen LogP contribution in [0.5, 0.6) is 5.75 Å². The number of ether oxygens (including phenoxy) is 1. The van der Waals surface area contributed by atoms with Gasteiger partial charge in [0.25, 0.3) is 0 Å². The van der Waals surface area contributed by atoms with Crippen LogP contribution in [0.15, 0.2) is 18.2 Å². The fourth-order valence-electron chi connectivity index (χ4n) is 2.50. The molecule has 0 spiro atoms. The van der Waals surface area contributed by atoms with Crippen LogP contribution >= 0.6 is 0 Å². The van der Waals surface area contributed by atoms with Gasteiger partial charge in [0.15, 0.2) is 0 Å². The molecule has 2 rings (SSSR count). The summed E-state index contributed by atoms with van der Waals surface area (Å²) >= 11 is 0. The van der Waals surface area contributed by atoms with Crippen LogP contribution in [0.4, 0.5) is 5.69 Å². The van der Waals surface area contributed by atoms with Crippen molar-refractivity contribution >= 4 is 27.6 Å². The third-order valence-corrected chi connectivity index (χ3v) is 4.34. The molecule has 1 aliphatic heterocycles. The predicted molar refractivity (Wildman–Crippen MR) is 78.4 cm³/mol. The molecule has 1 amide bonds. The van der Waals surface area contributed by atoms with E-state index >= 15 is 0 Å². The molecule has 1 saturated heterocycles. The number of benzene rings is 1. The van der Waals surface area contributed by atoms with Crippen molar-refractivity contribution in [2.45, 2.75) is 6.42 Å². The average molecular weight is 328 g/mol. The van der Waals surface area contributed by atoms with Crippen LogP contribution in [0.25, 0.3) is 0 Å². The number of anilines is 1. The third-order valence-electron chi connectivity index (χ3n) is 3.40. The van der Waals surface area contributed by atoms with Crippen molar-refractivity contribution in [3.05, 3.63) is 23.8 Å². The number of methoxy groups -OCH3 is 1. The molecule has 0 bridgehead atoms. The lowest BCUT2D eigenvalue weighted by molar-refractivity contribution is -0.117.